The lowest BCUT2D eigenvalue weighted by Crippen LogP contribution is -2.42. The normalized spacial score (nSPS) is 22.8. The van der Waals surface area contributed by atoms with E-state index in [9.17, 15) is 9.59 Å². The van der Waals surface area contributed by atoms with Crippen LogP contribution >= 0.6 is 0 Å². The summed E-state index contributed by atoms with van der Waals surface area (Å²) in [6.45, 7) is 4.78. The molecule has 32 heavy (non-hydrogen) atoms. The number of H-pyrrole nitrogens is 1. The Kier molecular flexibility index (Phi) is 6.69. The van der Waals surface area contributed by atoms with Gasteiger partial charge >= 0.3 is 5.69 Å². The van der Waals surface area contributed by atoms with Gasteiger partial charge in [-0.2, -0.15) is 0 Å². The Morgan fingerprint density at radius 1 is 1.03 bits per heavy atom. The Morgan fingerprint density at radius 3 is 2.31 bits per heavy atom. The molecule has 0 unspecified atom stereocenters. The molecule has 0 amide bonds. The van der Waals surface area contributed by atoms with E-state index in [1.165, 1.54) is 10.8 Å². The molecule has 0 radical (unpaired) electrons. The predicted molar refractivity (Wildman–Crippen MR) is 120 cm³/mol. The first-order valence-electron chi connectivity index (χ1n) is 10.7. The number of hydrogen-bond acceptors (Lipinski definition) is 5. The average Bonchev–Trinajstić information content (AvgIpc) is 3.12. The largest absolute Gasteiger partial charge is 0.374 e. The van der Waals surface area contributed by atoms with E-state index in [0.29, 0.717) is 31.8 Å². The maximum atomic E-state index is 12.4. The highest BCUT2D eigenvalue weighted by atomic mass is 16.6. The molecule has 7 heteroatoms. The average molecular weight is 437 g/mol. The fraction of sp³-hybridized carbons (Fsp3) is 0.360. The minimum absolute atomic E-state index is 0.301. The zero-order chi connectivity index (χ0) is 22.6. The summed E-state index contributed by atoms with van der Waals surface area (Å²) >= 11 is 0. The van der Waals surface area contributed by atoms with Gasteiger partial charge in [0, 0.05) is 18.2 Å². The fourth-order valence-corrected chi connectivity index (χ4v) is 3.93. The number of aromatic amines is 1. The van der Waals surface area contributed by atoms with Crippen LogP contribution in [0.5, 0.6) is 0 Å². The van der Waals surface area contributed by atoms with E-state index in [1.807, 2.05) is 67.6 Å². The van der Waals surface area contributed by atoms with Crippen molar-refractivity contribution < 1.29 is 14.2 Å². The molecule has 1 N–H and O–H groups in total. The summed E-state index contributed by atoms with van der Waals surface area (Å²) in [5.74, 6) is 0. The monoisotopic (exact) mass is 436 g/mol. The van der Waals surface area contributed by atoms with Crippen LogP contribution in [-0.2, 0) is 27.4 Å². The highest BCUT2D eigenvalue weighted by Gasteiger charge is 2.47. The van der Waals surface area contributed by atoms with Gasteiger partial charge in [0.15, 0.2) is 0 Å². The SMILES string of the molecule is Cc1cn([C@H]2C[C@H](OCc3ccccc3)[C@@](C)(COCc3ccccc3)O2)c(=O)[nH]c1=O. The van der Waals surface area contributed by atoms with Gasteiger partial charge in [-0.25, -0.2) is 4.79 Å². The molecule has 0 bridgehead atoms. The van der Waals surface area contributed by atoms with E-state index in [-0.39, 0.29) is 6.10 Å². The lowest BCUT2D eigenvalue weighted by atomic mass is 10.00. The minimum atomic E-state index is -0.766. The third-order valence-corrected chi connectivity index (χ3v) is 5.75. The molecule has 0 spiro atoms. The molecule has 1 fully saturated rings. The van der Waals surface area contributed by atoms with Gasteiger partial charge in [0.25, 0.3) is 5.56 Å². The zero-order valence-corrected chi connectivity index (χ0v) is 18.3. The summed E-state index contributed by atoms with van der Waals surface area (Å²) in [5.41, 5.74) is 0.916. The molecule has 1 saturated heterocycles. The summed E-state index contributed by atoms with van der Waals surface area (Å²) < 4.78 is 20.0. The number of aryl methyl sites for hydroxylation is 1. The summed E-state index contributed by atoms with van der Waals surface area (Å²) in [6, 6.07) is 19.8. The molecule has 4 rings (SSSR count). The van der Waals surface area contributed by atoms with Crippen LogP contribution in [0.4, 0.5) is 0 Å². The smallest absolute Gasteiger partial charge is 0.330 e. The second kappa shape index (κ2) is 9.65. The van der Waals surface area contributed by atoms with Gasteiger partial charge in [-0.15, -0.1) is 0 Å². The van der Waals surface area contributed by atoms with Crippen molar-refractivity contribution in [1.82, 2.24) is 9.55 Å². The van der Waals surface area contributed by atoms with Crippen molar-refractivity contribution in [3.8, 4) is 0 Å². The number of hydrogen-bond donors (Lipinski definition) is 1. The van der Waals surface area contributed by atoms with Gasteiger partial charge in [-0.3, -0.25) is 14.3 Å². The highest BCUT2D eigenvalue weighted by molar-refractivity contribution is 5.14. The molecule has 1 aliphatic heterocycles. The van der Waals surface area contributed by atoms with Crippen molar-refractivity contribution in [3.63, 3.8) is 0 Å². The van der Waals surface area contributed by atoms with E-state index in [4.69, 9.17) is 14.2 Å². The molecular formula is C25H28N2O5. The number of benzene rings is 2. The van der Waals surface area contributed by atoms with Crippen molar-refractivity contribution in [2.24, 2.45) is 0 Å². The predicted octanol–water partition coefficient (Wildman–Crippen LogP) is 3.32. The van der Waals surface area contributed by atoms with Gasteiger partial charge < -0.3 is 14.2 Å². The van der Waals surface area contributed by atoms with Crippen LogP contribution in [0.2, 0.25) is 0 Å². The summed E-state index contributed by atoms with van der Waals surface area (Å²) in [4.78, 5) is 26.6. The lowest BCUT2D eigenvalue weighted by molar-refractivity contribution is -0.146. The summed E-state index contributed by atoms with van der Waals surface area (Å²) in [7, 11) is 0. The van der Waals surface area contributed by atoms with Gasteiger partial charge in [0.05, 0.1) is 25.9 Å². The second-order valence-corrected chi connectivity index (χ2v) is 8.36. The maximum absolute atomic E-state index is 12.4. The summed E-state index contributed by atoms with van der Waals surface area (Å²) in [6.07, 6.45) is 1.13. The molecule has 1 aromatic heterocycles. The quantitative estimate of drug-likeness (QED) is 0.586. The Hall–Kier alpha value is -3.00. The van der Waals surface area contributed by atoms with Gasteiger partial charge in [0.1, 0.15) is 11.8 Å². The van der Waals surface area contributed by atoms with Crippen molar-refractivity contribution in [2.45, 2.75) is 51.4 Å². The Bertz CT molecular complexity index is 1140. The molecule has 0 saturated carbocycles. The highest BCUT2D eigenvalue weighted by Crippen LogP contribution is 2.38. The molecule has 3 atom stereocenters. The third kappa shape index (κ3) is 5.07. The van der Waals surface area contributed by atoms with Crippen molar-refractivity contribution in [3.05, 3.63) is 104 Å². The Morgan fingerprint density at radius 2 is 1.66 bits per heavy atom. The van der Waals surface area contributed by atoms with Crippen molar-refractivity contribution in [2.75, 3.05) is 6.61 Å². The van der Waals surface area contributed by atoms with E-state index in [2.05, 4.69) is 4.98 Å². The van der Waals surface area contributed by atoms with Crippen LogP contribution in [0, 0.1) is 6.92 Å². The molecular weight excluding hydrogens is 408 g/mol. The fourth-order valence-electron chi connectivity index (χ4n) is 3.93. The van der Waals surface area contributed by atoms with Crippen LogP contribution in [-0.4, -0.2) is 27.9 Å². The molecule has 168 valence electrons. The number of ether oxygens (including phenoxy) is 3. The molecule has 2 aromatic carbocycles. The van der Waals surface area contributed by atoms with E-state index < -0.39 is 23.1 Å². The zero-order valence-electron chi connectivity index (χ0n) is 18.3. The first-order chi connectivity index (χ1) is 15.4. The molecule has 3 aromatic rings. The van der Waals surface area contributed by atoms with Gasteiger partial charge in [-0.05, 0) is 25.0 Å². The van der Waals surface area contributed by atoms with Gasteiger partial charge in [-0.1, -0.05) is 60.7 Å². The lowest BCUT2D eigenvalue weighted by Gasteiger charge is -2.30. The van der Waals surface area contributed by atoms with E-state index in [1.54, 1.807) is 6.92 Å². The first kappa shape index (κ1) is 22.2. The van der Waals surface area contributed by atoms with Crippen molar-refractivity contribution in [1.29, 1.82) is 0 Å². The van der Waals surface area contributed by atoms with Crippen molar-refractivity contribution >= 4 is 0 Å². The first-order valence-corrected chi connectivity index (χ1v) is 10.7. The topological polar surface area (TPSA) is 82.6 Å². The second-order valence-electron chi connectivity index (χ2n) is 8.36. The number of rotatable bonds is 8. The van der Waals surface area contributed by atoms with Crippen LogP contribution in [0.3, 0.4) is 0 Å². The minimum Gasteiger partial charge on any atom is -0.374 e. The van der Waals surface area contributed by atoms with E-state index in [0.717, 1.165) is 11.1 Å². The van der Waals surface area contributed by atoms with Gasteiger partial charge in [0.2, 0.25) is 0 Å². The van der Waals surface area contributed by atoms with E-state index >= 15 is 0 Å². The number of nitrogens with one attached hydrogen (secondary N) is 1. The molecule has 1 aliphatic rings. The maximum Gasteiger partial charge on any atom is 0.330 e. The molecule has 0 aliphatic carbocycles. The third-order valence-electron chi connectivity index (χ3n) is 5.75. The van der Waals surface area contributed by atoms with Crippen LogP contribution in [0.15, 0.2) is 76.4 Å². The van der Waals surface area contributed by atoms with Crippen LogP contribution in [0.25, 0.3) is 0 Å². The number of nitrogens with zero attached hydrogens (tertiary/aromatic N) is 1. The number of aromatic nitrogens is 2. The van der Waals surface area contributed by atoms with Crippen LogP contribution in [0.1, 0.15) is 36.3 Å². The Balaban J connectivity index is 1.52. The Labute approximate surface area is 186 Å². The molecule has 7 nitrogen and oxygen atoms in total. The summed E-state index contributed by atoms with van der Waals surface area (Å²) in [5, 5.41) is 0. The molecule has 2 heterocycles. The standard InChI is InChI=1S/C25H28N2O5/c1-18-14-27(24(29)26-23(18)28)22-13-21(31-16-20-11-7-4-8-12-20)25(2,32-22)17-30-15-19-9-5-3-6-10-19/h3-12,14,21-22H,13,15-17H2,1-2H3,(H,26,28,29)/t21-,22+,25+/m0/s1. The van der Waals surface area contributed by atoms with Crippen LogP contribution < -0.4 is 11.2 Å².